The summed E-state index contributed by atoms with van der Waals surface area (Å²) in [6.07, 6.45) is 0. The van der Waals surface area contributed by atoms with Crippen LogP contribution in [0.2, 0.25) is 0 Å². The van der Waals surface area contributed by atoms with Crippen LogP contribution in [0.1, 0.15) is 17.3 Å². The quantitative estimate of drug-likeness (QED) is 0.646. The van der Waals surface area contributed by atoms with Crippen LogP contribution in [0.3, 0.4) is 0 Å². The fourth-order valence-corrected chi connectivity index (χ4v) is 2.21. The third-order valence-electron chi connectivity index (χ3n) is 3.07. The molecule has 3 rings (SSSR count). The molecule has 0 spiro atoms. The zero-order valence-corrected chi connectivity index (χ0v) is 9.20. The lowest BCUT2D eigenvalue weighted by Crippen LogP contribution is -2.22. The molecular weight excluding hydrogens is 218 g/mol. The molecule has 0 bridgehead atoms. The van der Waals surface area contributed by atoms with Gasteiger partial charge in [-0.25, -0.2) is 4.79 Å². The molecule has 0 aliphatic carbocycles. The Kier molecular flexibility index (Phi) is 1.95. The highest BCUT2D eigenvalue weighted by Gasteiger charge is 2.33. The van der Waals surface area contributed by atoms with Crippen LogP contribution in [0, 0.1) is 6.92 Å². The summed E-state index contributed by atoms with van der Waals surface area (Å²) in [4.78, 5) is 25.9. The maximum absolute atomic E-state index is 11.6. The summed E-state index contributed by atoms with van der Waals surface area (Å²) in [5.41, 5.74) is 2.70. The van der Waals surface area contributed by atoms with E-state index in [4.69, 9.17) is 0 Å². The molecule has 17 heavy (non-hydrogen) atoms. The minimum atomic E-state index is -0.616. The van der Waals surface area contributed by atoms with Crippen molar-refractivity contribution < 1.29 is 9.59 Å². The molecule has 5 heteroatoms. The van der Waals surface area contributed by atoms with Crippen molar-refractivity contribution in [3.05, 3.63) is 35.5 Å². The molecule has 1 saturated heterocycles. The number of benzene rings is 1. The third kappa shape index (κ3) is 1.39. The smallest absolute Gasteiger partial charge is 0.322 e. The van der Waals surface area contributed by atoms with Crippen molar-refractivity contribution in [1.29, 1.82) is 0 Å². The molecule has 0 radical (unpaired) electrons. The first-order chi connectivity index (χ1) is 8.16. The number of carbonyl (C=O) groups is 2. The molecular formula is C12H11N3O2. The topological polar surface area (TPSA) is 74.0 Å². The van der Waals surface area contributed by atoms with Crippen molar-refractivity contribution in [3.63, 3.8) is 0 Å². The number of amides is 3. The van der Waals surface area contributed by atoms with Gasteiger partial charge in [-0.15, -0.1) is 0 Å². The fraction of sp³-hybridized carbons (Fsp3) is 0.167. The van der Waals surface area contributed by atoms with Crippen LogP contribution in [-0.4, -0.2) is 16.9 Å². The van der Waals surface area contributed by atoms with E-state index in [1.165, 1.54) is 0 Å². The second kappa shape index (κ2) is 3.35. The standard InChI is InChI=1S/C12H11N3O2/c1-6-7-4-2-3-5-8(7)13-9(6)10-11(16)15-12(17)14-10/h2-5,10,13H,1H3,(H2,14,15,16,17). The molecule has 1 aromatic heterocycles. The van der Waals surface area contributed by atoms with Crippen molar-refractivity contribution in [2.75, 3.05) is 0 Å². The lowest BCUT2D eigenvalue weighted by Gasteiger charge is -2.05. The van der Waals surface area contributed by atoms with Gasteiger partial charge in [0.15, 0.2) is 6.04 Å². The lowest BCUT2D eigenvalue weighted by molar-refractivity contribution is -0.120. The Bertz CT molecular complexity index is 630. The Morgan fingerprint density at radius 3 is 2.59 bits per heavy atom. The van der Waals surface area contributed by atoms with Gasteiger partial charge in [-0.1, -0.05) is 18.2 Å². The molecule has 86 valence electrons. The number of aromatic amines is 1. The fourth-order valence-electron chi connectivity index (χ4n) is 2.21. The third-order valence-corrected chi connectivity index (χ3v) is 3.07. The van der Waals surface area contributed by atoms with Gasteiger partial charge in [0.1, 0.15) is 0 Å². The highest BCUT2D eigenvalue weighted by molar-refractivity contribution is 6.05. The molecule has 1 unspecified atom stereocenters. The van der Waals surface area contributed by atoms with E-state index in [0.717, 1.165) is 22.2 Å². The number of rotatable bonds is 1. The number of aryl methyl sites for hydroxylation is 1. The van der Waals surface area contributed by atoms with Gasteiger partial charge in [0.05, 0.1) is 5.69 Å². The Hall–Kier alpha value is -2.30. The largest absolute Gasteiger partial charge is 0.356 e. The van der Waals surface area contributed by atoms with E-state index in [2.05, 4.69) is 15.6 Å². The van der Waals surface area contributed by atoms with E-state index < -0.39 is 12.1 Å². The molecule has 2 aromatic rings. The van der Waals surface area contributed by atoms with Gasteiger partial charge in [0.2, 0.25) is 0 Å². The van der Waals surface area contributed by atoms with E-state index in [-0.39, 0.29) is 5.91 Å². The number of imide groups is 1. The highest BCUT2D eigenvalue weighted by Crippen LogP contribution is 2.27. The van der Waals surface area contributed by atoms with E-state index in [0.29, 0.717) is 0 Å². The number of carbonyl (C=O) groups excluding carboxylic acids is 2. The van der Waals surface area contributed by atoms with Gasteiger partial charge in [-0.2, -0.15) is 0 Å². The maximum Gasteiger partial charge on any atom is 0.322 e. The van der Waals surface area contributed by atoms with E-state index in [1.54, 1.807) is 0 Å². The summed E-state index contributed by atoms with van der Waals surface area (Å²) in [5, 5.41) is 5.88. The van der Waals surface area contributed by atoms with E-state index in [1.807, 2.05) is 31.2 Å². The van der Waals surface area contributed by atoms with Gasteiger partial charge < -0.3 is 10.3 Å². The van der Waals surface area contributed by atoms with Crippen LogP contribution in [0.4, 0.5) is 4.79 Å². The highest BCUT2D eigenvalue weighted by atomic mass is 16.2. The maximum atomic E-state index is 11.6. The van der Waals surface area contributed by atoms with Gasteiger partial charge in [-0.05, 0) is 18.6 Å². The zero-order chi connectivity index (χ0) is 12.0. The molecule has 2 heterocycles. The predicted molar refractivity (Wildman–Crippen MR) is 62.5 cm³/mol. The number of hydrogen-bond donors (Lipinski definition) is 3. The van der Waals surface area contributed by atoms with Crippen molar-refractivity contribution in [1.82, 2.24) is 15.6 Å². The number of nitrogens with one attached hydrogen (secondary N) is 3. The zero-order valence-electron chi connectivity index (χ0n) is 9.20. The summed E-state index contributed by atoms with van der Waals surface area (Å²) in [5.74, 6) is -0.315. The number of urea groups is 1. The number of hydrogen-bond acceptors (Lipinski definition) is 2. The molecule has 3 N–H and O–H groups in total. The van der Waals surface area contributed by atoms with Crippen LogP contribution in [0.15, 0.2) is 24.3 Å². The van der Waals surface area contributed by atoms with E-state index >= 15 is 0 Å². The molecule has 5 nitrogen and oxygen atoms in total. The van der Waals surface area contributed by atoms with Crippen molar-refractivity contribution >= 4 is 22.8 Å². The number of aromatic nitrogens is 1. The van der Waals surface area contributed by atoms with Crippen LogP contribution in [-0.2, 0) is 4.79 Å². The van der Waals surface area contributed by atoms with Crippen molar-refractivity contribution in [2.45, 2.75) is 13.0 Å². The summed E-state index contributed by atoms with van der Waals surface area (Å²) >= 11 is 0. The van der Waals surface area contributed by atoms with Gasteiger partial charge >= 0.3 is 6.03 Å². The van der Waals surface area contributed by atoms with Crippen LogP contribution >= 0.6 is 0 Å². The minimum Gasteiger partial charge on any atom is -0.356 e. The molecule has 1 fully saturated rings. The molecule has 1 atom stereocenters. The Balaban J connectivity index is 2.15. The van der Waals surface area contributed by atoms with E-state index in [9.17, 15) is 9.59 Å². The summed E-state index contributed by atoms with van der Waals surface area (Å²) in [7, 11) is 0. The summed E-state index contributed by atoms with van der Waals surface area (Å²) < 4.78 is 0. The second-order valence-corrected chi connectivity index (χ2v) is 4.10. The minimum absolute atomic E-state index is 0.315. The first kappa shape index (κ1) is 9.89. The normalized spacial score (nSPS) is 19.5. The average molecular weight is 229 g/mol. The lowest BCUT2D eigenvalue weighted by atomic mass is 10.1. The molecule has 0 saturated carbocycles. The molecule has 1 aliphatic heterocycles. The molecule has 3 amide bonds. The summed E-state index contributed by atoms with van der Waals surface area (Å²) in [6, 6.07) is 6.74. The Morgan fingerprint density at radius 2 is 1.94 bits per heavy atom. The Morgan fingerprint density at radius 1 is 1.18 bits per heavy atom. The first-order valence-corrected chi connectivity index (χ1v) is 5.35. The first-order valence-electron chi connectivity index (χ1n) is 5.35. The number of H-pyrrole nitrogens is 1. The average Bonchev–Trinajstić information content (AvgIpc) is 2.80. The van der Waals surface area contributed by atoms with Gasteiger partial charge in [-0.3, -0.25) is 10.1 Å². The van der Waals surface area contributed by atoms with Crippen LogP contribution in [0.25, 0.3) is 10.9 Å². The Labute approximate surface area is 97.2 Å². The van der Waals surface area contributed by atoms with Crippen LogP contribution in [0.5, 0.6) is 0 Å². The van der Waals surface area contributed by atoms with Gasteiger partial charge in [0, 0.05) is 10.9 Å². The number of fused-ring (bicyclic) bond motifs is 1. The summed E-state index contributed by atoms with van der Waals surface area (Å²) in [6.45, 7) is 1.94. The van der Waals surface area contributed by atoms with Crippen molar-refractivity contribution in [2.24, 2.45) is 0 Å². The second-order valence-electron chi connectivity index (χ2n) is 4.10. The van der Waals surface area contributed by atoms with Crippen LogP contribution < -0.4 is 10.6 Å². The molecule has 1 aliphatic rings. The van der Waals surface area contributed by atoms with Gasteiger partial charge in [0.25, 0.3) is 5.91 Å². The number of para-hydroxylation sites is 1. The SMILES string of the molecule is Cc1c(C2NC(=O)NC2=O)[nH]c2ccccc12. The monoisotopic (exact) mass is 229 g/mol. The molecule has 1 aromatic carbocycles. The predicted octanol–water partition coefficient (Wildman–Crippen LogP) is 1.36. The van der Waals surface area contributed by atoms with Crippen molar-refractivity contribution in [3.8, 4) is 0 Å².